The second kappa shape index (κ2) is 11.3. The maximum atomic E-state index is 12.9. The largest absolute Gasteiger partial charge is 0.480 e. The number of hydrogen-bond donors (Lipinski definition) is 5. The number of carboxylic acid groups (broad SMARTS) is 1. The van der Waals surface area contributed by atoms with Gasteiger partial charge in [0.15, 0.2) is 0 Å². The van der Waals surface area contributed by atoms with Gasteiger partial charge in [-0.2, -0.15) is 3.89 Å². The molecule has 0 rings (SSSR count). The molecule has 0 radical (unpaired) electrons. The first-order chi connectivity index (χ1) is 11.9. The molecule has 0 bridgehead atoms. The molecule has 0 saturated carbocycles. The Morgan fingerprint density at radius 3 is 2.12 bits per heavy atom. The van der Waals surface area contributed by atoms with Crippen molar-refractivity contribution in [3.63, 3.8) is 0 Å². The molecule has 0 aromatic heterocycles. The van der Waals surface area contributed by atoms with Crippen LogP contribution in [0, 0.1) is 5.92 Å². The quantitative estimate of drug-likeness (QED) is 0.325. The van der Waals surface area contributed by atoms with Gasteiger partial charge in [-0.05, 0) is 45.6 Å². The highest BCUT2D eigenvalue weighted by Gasteiger charge is 2.32. The van der Waals surface area contributed by atoms with E-state index in [1.54, 1.807) is 0 Å². The second-order valence-electron chi connectivity index (χ2n) is 7.31. The van der Waals surface area contributed by atoms with Crippen molar-refractivity contribution in [1.29, 1.82) is 0 Å². The number of carbonyl (C=O) groups excluding carboxylic acids is 2. The molecule has 0 aliphatic rings. The van der Waals surface area contributed by atoms with Gasteiger partial charge in [-0.25, -0.2) is 4.79 Å². The summed E-state index contributed by atoms with van der Waals surface area (Å²) in [6.45, 7) is 7.01. The molecule has 0 fully saturated rings. The van der Waals surface area contributed by atoms with Crippen molar-refractivity contribution in [2.24, 2.45) is 17.4 Å². The fourth-order valence-electron chi connectivity index (χ4n) is 2.32. The average molecular weight is 395 g/mol. The van der Waals surface area contributed by atoms with E-state index >= 15 is 0 Å². The number of nitrogens with one attached hydrogen (secondary N) is 2. The van der Waals surface area contributed by atoms with Crippen LogP contribution in [0.2, 0.25) is 0 Å². The van der Waals surface area contributed by atoms with E-state index in [2.05, 4.69) is 10.6 Å². The van der Waals surface area contributed by atoms with E-state index in [1.807, 2.05) is 13.8 Å². The molecule has 7 N–H and O–H groups in total. The number of halogens is 1. The van der Waals surface area contributed by atoms with Crippen LogP contribution in [0.1, 0.15) is 47.0 Å². The molecule has 0 aromatic carbocycles. The molecule has 10 heteroatoms. The van der Waals surface area contributed by atoms with Crippen molar-refractivity contribution in [1.82, 2.24) is 10.6 Å². The molecular formula is C16H31FN4O4S. The van der Waals surface area contributed by atoms with E-state index in [0.29, 0.717) is 6.42 Å². The molecule has 152 valence electrons. The molecule has 0 unspecified atom stereocenters. The minimum absolute atomic E-state index is 0.0179. The van der Waals surface area contributed by atoms with E-state index in [9.17, 15) is 23.4 Å². The van der Waals surface area contributed by atoms with Gasteiger partial charge in [-0.1, -0.05) is 13.8 Å². The Labute approximate surface area is 158 Å². The van der Waals surface area contributed by atoms with Crippen LogP contribution < -0.4 is 22.1 Å². The van der Waals surface area contributed by atoms with Crippen LogP contribution in [0.3, 0.4) is 0 Å². The normalized spacial score (nSPS) is 15.2. The summed E-state index contributed by atoms with van der Waals surface area (Å²) in [6.07, 6.45) is 0.452. The molecular weight excluding hydrogens is 363 g/mol. The number of rotatable bonds is 12. The summed E-state index contributed by atoms with van der Waals surface area (Å²) in [6, 6.07) is -3.07. The highest BCUT2D eigenvalue weighted by atomic mass is 32.2. The maximum Gasteiger partial charge on any atom is 0.326 e. The maximum absolute atomic E-state index is 12.9. The Bertz CT molecular complexity index is 491. The van der Waals surface area contributed by atoms with E-state index in [0.717, 1.165) is 0 Å². The molecule has 26 heavy (non-hydrogen) atoms. The van der Waals surface area contributed by atoms with Crippen LogP contribution in [0.5, 0.6) is 0 Å². The van der Waals surface area contributed by atoms with Crippen LogP contribution in [0.25, 0.3) is 0 Å². The smallest absolute Gasteiger partial charge is 0.326 e. The SMILES string of the molecule is CC(C)C[C@H](N)C(=O)N[C@@H](CCN)C(=O)N[C@@H](CC(C)(C)SF)C(=O)O. The highest BCUT2D eigenvalue weighted by Crippen LogP contribution is 2.30. The predicted octanol–water partition coefficient (Wildman–Crippen LogP) is 0.549. The molecule has 0 saturated heterocycles. The standard InChI is InChI=1S/C16H31FN4O4S/c1-9(2)7-10(19)13(22)20-11(5-6-18)14(23)21-12(15(24)25)8-16(3,4)26-17/h9-12H,5-8,18-19H2,1-4H3,(H,20,22)(H,21,23)(H,24,25)/t10-,11-,12-/m0/s1. The number of amides is 2. The summed E-state index contributed by atoms with van der Waals surface area (Å²) in [4.78, 5) is 35.9. The monoisotopic (exact) mass is 394 g/mol. The summed E-state index contributed by atoms with van der Waals surface area (Å²) in [5.41, 5.74) is 11.3. The Morgan fingerprint density at radius 2 is 1.69 bits per heavy atom. The lowest BCUT2D eigenvalue weighted by Gasteiger charge is -2.26. The third-order valence-corrected chi connectivity index (χ3v) is 4.25. The summed E-state index contributed by atoms with van der Waals surface area (Å²) < 4.78 is 11.9. The third kappa shape index (κ3) is 9.35. The minimum atomic E-state index is -1.29. The van der Waals surface area contributed by atoms with Gasteiger partial charge in [0.2, 0.25) is 11.8 Å². The zero-order valence-corrected chi connectivity index (χ0v) is 16.6. The van der Waals surface area contributed by atoms with Crippen LogP contribution in [0.4, 0.5) is 3.89 Å². The molecule has 0 heterocycles. The zero-order chi connectivity index (χ0) is 20.5. The third-order valence-electron chi connectivity index (χ3n) is 3.67. The van der Waals surface area contributed by atoms with Crippen molar-refractivity contribution in [2.75, 3.05) is 6.54 Å². The fourth-order valence-corrected chi connectivity index (χ4v) is 2.55. The number of hydrogen-bond acceptors (Lipinski definition) is 6. The van der Waals surface area contributed by atoms with Gasteiger partial charge in [0.25, 0.3) is 0 Å². The van der Waals surface area contributed by atoms with Crippen LogP contribution in [-0.2, 0) is 14.4 Å². The molecule has 3 atom stereocenters. The average Bonchev–Trinajstić information content (AvgIpc) is 2.52. The van der Waals surface area contributed by atoms with Crippen molar-refractivity contribution in [3.05, 3.63) is 0 Å². The molecule has 0 aliphatic heterocycles. The first kappa shape index (κ1) is 24.6. The molecule has 0 aliphatic carbocycles. The number of aliphatic carboxylic acids is 1. The van der Waals surface area contributed by atoms with Crippen molar-refractivity contribution in [2.45, 2.75) is 69.8 Å². The molecule has 0 aromatic rings. The Kier molecular flexibility index (Phi) is 10.7. The van der Waals surface area contributed by atoms with Crippen molar-refractivity contribution >= 4 is 29.9 Å². The number of nitrogens with two attached hydrogens (primary N) is 2. The van der Waals surface area contributed by atoms with Gasteiger partial charge < -0.3 is 27.2 Å². The second-order valence-corrected chi connectivity index (χ2v) is 8.57. The summed E-state index contributed by atoms with van der Waals surface area (Å²) in [5, 5.41) is 14.1. The fraction of sp³-hybridized carbons (Fsp3) is 0.812. The minimum Gasteiger partial charge on any atom is -0.480 e. The molecule has 8 nitrogen and oxygen atoms in total. The molecule has 0 spiro atoms. The lowest BCUT2D eigenvalue weighted by atomic mass is 10.0. The summed E-state index contributed by atoms with van der Waals surface area (Å²) in [5.74, 6) is -2.27. The topological polar surface area (TPSA) is 148 Å². The zero-order valence-electron chi connectivity index (χ0n) is 15.8. The first-order valence-corrected chi connectivity index (χ1v) is 9.24. The Balaban J connectivity index is 5.03. The van der Waals surface area contributed by atoms with Gasteiger partial charge in [0.05, 0.1) is 18.2 Å². The predicted molar refractivity (Wildman–Crippen MR) is 100.0 cm³/mol. The van der Waals surface area contributed by atoms with Crippen LogP contribution in [-0.4, -0.2) is 52.3 Å². The van der Waals surface area contributed by atoms with Gasteiger partial charge >= 0.3 is 5.97 Å². The van der Waals surface area contributed by atoms with Gasteiger partial charge in [-0.3, -0.25) is 9.59 Å². The van der Waals surface area contributed by atoms with Gasteiger partial charge in [0, 0.05) is 4.75 Å². The van der Waals surface area contributed by atoms with E-state index < -0.39 is 40.7 Å². The lowest BCUT2D eigenvalue weighted by Crippen LogP contribution is -2.55. The Hall–Kier alpha value is -1.39. The Morgan fingerprint density at radius 1 is 1.15 bits per heavy atom. The van der Waals surface area contributed by atoms with Crippen molar-refractivity contribution < 1.29 is 23.4 Å². The lowest BCUT2D eigenvalue weighted by molar-refractivity contribution is -0.142. The van der Waals surface area contributed by atoms with Gasteiger partial charge in [0.1, 0.15) is 12.1 Å². The molecule has 2 amide bonds. The number of carboxylic acids is 1. The highest BCUT2D eigenvalue weighted by molar-refractivity contribution is 7.95. The van der Waals surface area contributed by atoms with E-state index in [4.69, 9.17) is 11.5 Å². The number of carbonyl (C=O) groups is 3. The summed E-state index contributed by atoms with van der Waals surface area (Å²) >= 11 is 0.0179. The first-order valence-electron chi connectivity index (χ1n) is 8.52. The summed E-state index contributed by atoms with van der Waals surface area (Å²) in [7, 11) is 0. The van der Waals surface area contributed by atoms with Gasteiger partial charge in [-0.15, -0.1) is 0 Å². The van der Waals surface area contributed by atoms with Crippen molar-refractivity contribution in [3.8, 4) is 0 Å². The van der Waals surface area contributed by atoms with Crippen LogP contribution in [0.15, 0.2) is 0 Å². The van der Waals surface area contributed by atoms with E-state index in [-0.39, 0.29) is 37.5 Å². The van der Waals surface area contributed by atoms with Crippen LogP contribution >= 0.6 is 12.1 Å². The van der Waals surface area contributed by atoms with E-state index in [1.165, 1.54) is 13.8 Å².